The largest absolute Gasteiger partial charge is 0.416 e. The number of carbonyl (C=O) groups is 1. The van der Waals surface area contributed by atoms with Gasteiger partial charge >= 0.3 is 6.18 Å². The topological polar surface area (TPSA) is 20.3 Å². The van der Waals surface area contributed by atoms with Crippen LogP contribution in [0, 0.1) is 11.6 Å². The van der Waals surface area contributed by atoms with E-state index in [1.165, 1.54) is 11.0 Å². The average Bonchev–Trinajstić information content (AvgIpc) is 3.38. The van der Waals surface area contributed by atoms with Crippen LogP contribution in [0.5, 0.6) is 0 Å². The molecule has 2 aromatic carbocycles. The fourth-order valence-electron chi connectivity index (χ4n) is 2.55. The molecule has 1 aliphatic carbocycles. The van der Waals surface area contributed by atoms with Crippen molar-refractivity contribution < 1.29 is 26.7 Å². The molecule has 1 saturated carbocycles. The molecular weight excluding hydrogens is 341 g/mol. The molecule has 0 spiro atoms. The summed E-state index contributed by atoms with van der Waals surface area (Å²) in [4.78, 5) is 14.0. The highest BCUT2D eigenvalue weighted by Crippen LogP contribution is 2.32. The lowest BCUT2D eigenvalue weighted by Crippen LogP contribution is -2.33. The molecule has 1 aliphatic rings. The SMILES string of the molecule is O=C(c1ccc(C(F)(F)F)cc1)N(Cc1ccc(F)cc1F)C1CC1. The van der Waals surface area contributed by atoms with Crippen LogP contribution in [0.15, 0.2) is 42.5 Å². The number of amides is 1. The summed E-state index contributed by atoms with van der Waals surface area (Å²) < 4.78 is 64.7. The van der Waals surface area contributed by atoms with E-state index in [9.17, 15) is 26.7 Å². The maximum Gasteiger partial charge on any atom is 0.416 e. The van der Waals surface area contributed by atoms with Crippen molar-refractivity contribution in [3.05, 3.63) is 70.8 Å². The van der Waals surface area contributed by atoms with E-state index in [4.69, 9.17) is 0 Å². The van der Waals surface area contributed by atoms with Gasteiger partial charge in [-0.05, 0) is 43.2 Å². The van der Waals surface area contributed by atoms with Crippen LogP contribution in [0.25, 0.3) is 0 Å². The first-order valence-corrected chi connectivity index (χ1v) is 7.68. The Morgan fingerprint density at radius 2 is 1.68 bits per heavy atom. The van der Waals surface area contributed by atoms with Gasteiger partial charge in [0.05, 0.1) is 5.56 Å². The second kappa shape index (κ2) is 6.46. The molecule has 0 aliphatic heterocycles. The van der Waals surface area contributed by atoms with E-state index in [0.717, 1.165) is 49.2 Å². The summed E-state index contributed by atoms with van der Waals surface area (Å²) in [6.07, 6.45) is -2.99. The molecule has 0 unspecified atom stereocenters. The van der Waals surface area contributed by atoms with E-state index < -0.39 is 29.3 Å². The predicted octanol–water partition coefficient (Wildman–Crippen LogP) is 4.79. The molecule has 0 heterocycles. The van der Waals surface area contributed by atoms with Gasteiger partial charge in [-0.15, -0.1) is 0 Å². The number of nitrogens with zero attached hydrogens (tertiary/aromatic N) is 1. The van der Waals surface area contributed by atoms with Crippen molar-refractivity contribution in [1.82, 2.24) is 4.90 Å². The van der Waals surface area contributed by atoms with Gasteiger partial charge in [0.2, 0.25) is 0 Å². The minimum atomic E-state index is -4.48. The number of hydrogen-bond acceptors (Lipinski definition) is 1. The summed E-state index contributed by atoms with van der Waals surface area (Å²) in [6.45, 7) is -0.0589. The Hall–Kier alpha value is -2.44. The molecule has 0 atom stereocenters. The van der Waals surface area contributed by atoms with E-state index in [2.05, 4.69) is 0 Å². The fraction of sp³-hybridized carbons (Fsp3) is 0.278. The first-order valence-electron chi connectivity index (χ1n) is 7.68. The van der Waals surface area contributed by atoms with Gasteiger partial charge in [0.1, 0.15) is 11.6 Å². The van der Waals surface area contributed by atoms with Crippen molar-refractivity contribution in [2.45, 2.75) is 31.6 Å². The molecule has 3 rings (SSSR count). The van der Waals surface area contributed by atoms with Gasteiger partial charge in [0, 0.05) is 29.8 Å². The maximum absolute atomic E-state index is 13.8. The van der Waals surface area contributed by atoms with Crippen LogP contribution in [0.1, 0.15) is 34.3 Å². The molecular formula is C18H14F5NO. The summed E-state index contributed by atoms with van der Waals surface area (Å²) in [7, 11) is 0. The minimum absolute atomic E-state index is 0.0589. The Labute approximate surface area is 140 Å². The average molecular weight is 355 g/mol. The van der Waals surface area contributed by atoms with Crippen LogP contribution >= 0.6 is 0 Å². The molecule has 1 amide bonds. The summed E-state index contributed by atoms with van der Waals surface area (Å²) in [6, 6.07) is 6.94. The van der Waals surface area contributed by atoms with Crippen molar-refractivity contribution in [3.8, 4) is 0 Å². The molecule has 0 radical (unpaired) electrons. The first kappa shape index (κ1) is 17.4. The maximum atomic E-state index is 13.8. The summed E-state index contributed by atoms with van der Waals surface area (Å²) in [5.41, 5.74) is -0.581. The summed E-state index contributed by atoms with van der Waals surface area (Å²) in [5, 5.41) is 0. The summed E-state index contributed by atoms with van der Waals surface area (Å²) in [5.74, 6) is -1.95. The molecule has 0 N–H and O–H groups in total. The molecule has 0 saturated heterocycles. The van der Waals surface area contributed by atoms with Crippen LogP contribution in [-0.2, 0) is 12.7 Å². The van der Waals surface area contributed by atoms with E-state index in [1.807, 2.05) is 0 Å². The lowest BCUT2D eigenvalue weighted by Gasteiger charge is -2.23. The number of halogens is 5. The molecule has 2 aromatic rings. The third-order valence-corrected chi connectivity index (χ3v) is 4.06. The van der Waals surface area contributed by atoms with Crippen molar-refractivity contribution in [3.63, 3.8) is 0 Å². The van der Waals surface area contributed by atoms with Gasteiger partial charge in [-0.3, -0.25) is 4.79 Å². The molecule has 25 heavy (non-hydrogen) atoms. The second-order valence-corrected chi connectivity index (χ2v) is 5.98. The third-order valence-electron chi connectivity index (χ3n) is 4.06. The molecule has 132 valence electrons. The normalized spacial score (nSPS) is 14.4. The Balaban J connectivity index is 1.82. The quantitative estimate of drug-likeness (QED) is 0.722. The first-order chi connectivity index (χ1) is 11.8. The Morgan fingerprint density at radius 1 is 1.04 bits per heavy atom. The molecule has 1 fully saturated rings. The third kappa shape index (κ3) is 3.97. The number of rotatable bonds is 4. The van der Waals surface area contributed by atoms with Gasteiger partial charge in [0.15, 0.2) is 0 Å². The van der Waals surface area contributed by atoms with Crippen molar-refractivity contribution in [2.75, 3.05) is 0 Å². The van der Waals surface area contributed by atoms with Crippen LogP contribution in [-0.4, -0.2) is 16.8 Å². The predicted molar refractivity (Wildman–Crippen MR) is 80.7 cm³/mol. The lowest BCUT2D eigenvalue weighted by atomic mass is 10.1. The number of carbonyl (C=O) groups excluding carboxylic acids is 1. The number of benzene rings is 2. The standard InChI is InChI=1S/C18H14F5NO/c19-14-6-3-12(16(20)9-14)10-24(15-7-8-15)17(25)11-1-4-13(5-2-11)18(21,22)23/h1-6,9,15H,7-8,10H2. The zero-order chi connectivity index (χ0) is 18.2. The van der Waals surface area contributed by atoms with E-state index in [1.54, 1.807) is 0 Å². The Morgan fingerprint density at radius 3 is 2.20 bits per heavy atom. The molecule has 2 nitrogen and oxygen atoms in total. The number of hydrogen-bond donors (Lipinski definition) is 0. The van der Waals surface area contributed by atoms with Crippen molar-refractivity contribution in [1.29, 1.82) is 0 Å². The molecule has 7 heteroatoms. The van der Waals surface area contributed by atoms with E-state index in [0.29, 0.717) is 0 Å². The van der Waals surface area contributed by atoms with Gasteiger partial charge in [-0.25, -0.2) is 8.78 Å². The van der Waals surface area contributed by atoms with Crippen LogP contribution in [0.2, 0.25) is 0 Å². The van der Waals surface area contributed by atoms with Crippen molar-refractivity contribution in [2.24, 2.45) is 0 Å². The minimum Gasteiger partial charge on any atom is -0.331 e. The highest BCUT2D eigenvalue weighted by Gasteiger charge is 2.34. The van der Waals surface area contributed by atoms with Gasteiger partial charge in [-0.2, -0.15) is 13.2 Å². The van der Waals surface area contributed by atoms with Crippen LogP contribution < -0.4 is 0 Å². The van der Waals surface area contributed by atoms with Crippen molar-refractivity contribution >= 4 is 5.91 Å². The highest BCUT2D eigenvalue weighted by atomic mass is 19.4. The highest BCUT2D eigenvalue weighted by molar-refractivity contribution is 5.94. The fourth-order valence-corrected chi connectivity index (χ4v) is 2.55. The molecule has 0 aromatic heterocycles. The van der Waals surface area contributed by atoms with E-state index >= 15 is 0 Å². The zero-order valence-corrected chi connectivity index (χ0v) is 13.0. The van der Waals surface area contributed by atoms with Gasteiger partial charge < -0.3 is 4.90 Å². The van der Waals surface area contributed by atoms with Gasteiger partial charge in [-0.1, -0.05) is 6.07 Å². The smallest absolute Gasteiger partial charge is 0.331 e. The van der Waals surface area contributed by atoms with E-state index in [-0.39, 0.29) is 23.7 Å². The Bertz CT molecular complexity index is 781. The Kier molecular flexibility index (Phi) is 4.49. The lowest BCUT2D eigenvalue weighted by molar-refractivity contribution is -0.137. The summed E-state index contributed by atoms with van der Waals surface area (Å²) >= 11 is 0. The van der Waals surface area contributed by atoms with Crippen LogP contribution in [0.4, 0.5) is 22.0 Å². The van der Waals surface area contributed by atoms with Gasteiger partial charge in [0.25, 0.3) is 5.91 Å². The van der Waals surface area contributed by atoms with Crippen LogP contribution in [0.3, 0.4) is 0 Å². The zero-order valence-electron chi connectivity index (χ0n) is 13.0. The molecule has 0 bridgehead atoms. The number of alkyl halides is 3. The monoisotopic (exact) mass is 355 g/mol. The second-order valence-electron chi connectivity index (χ2n) is 5.98.